The predicted octanol–water partition coefficient (Wildman–Crippen LogP) is 1.33. The monoisotopic (exact) mass is 173 g/mol. The molecule has 1 heterocycles. The van der Waals surface area contributed by atoms with Gasteiger partial charge in [0.05, 0.1) is 12.1 Å². The molecule has 0 aliphatic heterocycles. The first-order valence-corrected chi connectivity index (χ1v) is 3.39. The minimum Gasteiger partial charge on any atom is -0.481 e. The maximum absolute atomic E-state index is 12.5. The van der Waals surface area contributed by atoms with Crippen LogP contribution in [0.25, 0.3) is 0 Å². The van der Waals surface area contributed by atoms with Gasteiger partial charge in [-0.3, -0.25) is 4.79 Å². The molecular weight excluding hydrogens is 165 g/mol. The fourth-order valence-electron chi connectivity index (χ4n) is 0.741. The quantitative estimate of drug-likeness (QED) is 0.748. The standard InChI is InChI=1S/C7H8FNO3/c1-4(8)7-9-5(3-12-7)2-6(10)11/h3-4H,2H2,1H3,(H,10,11). The van der Waals surface area contributed by atoms with Crippen molar-refractivity contribution in [2.45, 2.75) is 19.5 Å². The Morgan fingerprint density at radius 2 is 2.58 bits per heavy atom. The van der Waals surface area contributed by atoms with E-state index in [0.29, 0.717) is 0 Å². The van der Waals surface area contributed by atoms with Crippen LogP contribution in [0.5, 0.6) is 0 Å². The largest absolute Gasteiger partial charge is 0.481 e. The van der Waals surface area contributed by atoms with Crippen molar-refractivity contribution >= 4 is 5.97 Å². The number of rotatable bonds is 3. The molecule has 0 aliphatic carbocycles. The molecule has 0 aromatic carbocycles. The second kappa shape index (κ2) is 3.34. The molecule has 0 saturated carbocycles. The summed E-state index contributed by atoms with van der Waals surface area (Å²) in [6, 6.07) is 0. The smallest absolute Gasteiger partial charge is 0.309 e. The van der Waals surface area contributed by atoms with Crippen LogP contribution in [0.3, 0.4) is 0 Å². The van der Waals surface area contributed by atoms with Gasteiger partial charge in [0.25, 0.3) is 0 Å². The van der Waals surface area contributed by atoms with E-state index in [0.717, 1.165) is 6.26 Å². The summed E-state index contributed by atoms with van der Waals surface area (Å²) >= 11 is 0. The number of alkyl halides is 1. The number of aliphatic carboxylic acids is 1. The third-order valence-electron chi connectivity index (χ3n) is 1.24. The SMILES string of the molecule is CC(F)c1nc(CC(=O)O)co1. The van der Waals surface area contributed by atoms with Crippen LogP contribution in [-0.4, -0.2) is 16.1 Å². The first kappa shape index (κ1) is 8.70. The van der Waals surface area contributed by atoms with Crippen molar-refractivity contribution in [3.05, 3.63) is 17.8 Å². The third-order valence-corrected chi connectivity index (χ3v) is 1.24. The van der Waals surface area contributed by atoms with Crippen molar-refractivity contribution in [2.24, 2.45) is 0 Å². The van der Waals surface area contributed by atoms with E-state index in [-0.39, 0.29) is 18.0 Å². The molecule has 1 unspecified atom stereocenters. The molecule has 0 spiro atoms. The molecule has 12 heavy (non-hydrogen) atoms. The van der Waals surface area contributed by atoms with Gasteiger partial charge in [-0.15, -0.1) is 0 Å². The Bertz CT molecular complexity index is 282. The zero-order chi connectivity index (χ0) is 9.14. The second-order valence-electron chi connectivity index (χ2n) is 2.36. The molecule has 1 rings (SSSR count). The molecule has 0 radical (unpaired) electrons. The number of carboxylic acid groups (broad SMARTS) is 1. The van der Waals surface area contributed by atoms with Gasteiger partial charge in [-0.25, -0.2) is 9.37 Å². The second-order valence-corrected chi connectivity index (χ2v) is 2.36. The van der Waals surface area contributed by atoms with Crippen LogP contribution in [0.15, 0.2) is 10.7 Å². The lowest BCUT2D eigenvalue weighted by atomic mass is 10.3. The van der Waals surface area contributed by atoms with Gasteiger partial charge in [0.15, 0.2) is 6.17 Å². The summed E-state index contributed by atoms with van der Waals surface area (Å²) in [4.78, 5) is 13.8. The minimum atomic E-state index is -1.30. The summed E-state index contributed by atoms with van der Waals surface area (Å²) in [6.07, 6.45) is -0.386. The molecule has 0 bridgehead atoms. The van der Waals surface area contributed by atoms with Crippen molar-refractivity contribution in [2.75, 3.05) is 0 Å². The minimum absolute atomic E-state index is 0.0775. The molecule has 5 heteroatoms. The maximum Gasteiger partial charge on any atom is 0.309 e. The molecule has 1 N–H and O–H groups in total. The topological polar surface area (TPSA) is 63.3 Å². The number of carboxylic acids is 1. The number of hydrogen-bond donors (Lipinski definition) is 1. The van der Waals surface area contributed by atoms with Gasteiger partial charge < -0.3 is 9.52 Å². The molecule has 1 aromatic heterocycles. The Morgan fingerprint density at radius 1 is 1.92 bits per heavy atom. The Morgan fingerprint density at radius 3 is 3.00 bits per heavy atom. The average molecular weight is 173 g/mol. The number of nitrogens with zero attached hydrogens (tertiary/aromatic N) is 1. The van der Waals surface area contributed by atoms with Crippen LogP contribution in [0.4, 0.5) is 4.39 Å². The molecular formula is C7H8FNO3. The van der Waals surface area contributed by atoms with E-state index >= 15 is 0 Å². The molecule has 0 amide bonds. The Hall–Kier alpha value is -1.39. The maximum atomic E-state index is 12.5. The lowest BCUT2D eigenvalue weighted by Gasteiger charge is -1.90. The third kappa shape index (κ3) is 2.05. The van der Waals surface area contributed by atoms with Crippen molar-refractivity contribution < 1.29 is 18.7 Å². The first-order chi connectivity index (χ1) is 5.59. The zero-order valence-electron chi connectivity index (χ0n) is 6.45. The van der Waals surface area contributed by atoms with E-state index in [4.69, 9.17) is 5.11 Å². The van der Waals surface area contributed by atoms with Gasteiger partial charge in [0, 0.05) is 0 Å². The molecule has 0 fully saturated rings. The molecule has 0 aliphatic rings. The van der Waals surface area contributed by atoms with Crippen LogP contribution >= 0.6 is 0 Å². The fourth-order valence-corrected chi connectivity index (χ4v) is 0.741. The van der Waals surface area contributed by atoms with Gasteiger partial charge in [-0.2, -0.15) is 0 Å². The summed E-state index contributed by atoms with van der Waals surface area (Å²) < 4.78 is 17.2. The summed E-state index contributed by atoms with van der Waals surface area (Å²) in [5.41, 5.74) is 0.238. The van der Waals surface area contributed by atoms with Gasteiger partial charge >= 0.3 is 5.97 Å². The zero-order valence-corrected chi connectivity index (χ0v) is 6.45. The van der Waals surface area contributed by atoms with Crippen molar-refractivity contribution in [1.29, 1.82) is 0 Å². The van der Waals surface area contributed by atoms with Crippen LogP contribution in [0.1, 0.15) is 24.7 Å². The first-order valence-electron chi connectivity index (χ1n) is 3.39. The summed E-state index contributed by atoms with van der Waals surface area (Å²) in [7, 11) is 0. The van der Waals surface area contributed by atoms with E-state index in [1.165, 1.54) is 6.92 Å². The lowest BCUT2D eigenvalue weighted by molar-refractivity contribution is -0.136. The van der Waals surface area contributed by atoms with E-state index < -0.39 is 12.1 Å². The van der Waals surface area contributed by atoms with Gasteiger partial charge in [-0.05, 0) is 6.92 Å². The van der Waals surface area contributed by atoms with E-state index in [9.17, 15) is 9.18 Å². The van der Waals surface area contributed by atoms with E-state index in [2.05, 4.69) is 9.40 Å². The van der Waals surface area contributed by atoms with Crippen LogP contribution < -0.4 is 0 Å². The summed E-state index contributed by atoms with van der Waals surface area (Å²) in [5.74, 6) is -1.09. The molecule has 66 valence electrons. The number of halogens is 1. The Balaban J connectivity index is 2.70. The molecule has 1 atom stereocenters. The van der Waals surface area contributed by atoms with Crippen molar-refractivity contribution in [3.63, 3.8) is 0 Å². The number of oxazole rings is 1. The highest BCUT2D eigenvalue weighted by Gasteiger charge is 2.12. The van der Waals surface area contributed by atoms with E-state index in [1.807, 2.05) is 0 Å². The van der Waals surface area contributed by atoms with Crippen molar-refractivity contribution in [1.82, 2.24) is 4.98 Å². The highest BCUT2D eigenvalue weighted by atomic mass is 19.1. The normalized spacial score (nSPS) is 12.8. The van der Waals surface area contributed by atoms with Crippen LogP contribution in [0.2, 0.25) is 0 Å². The number of hydrogen-bond acceptors (Lipinski definition) is 3. The van der Waals surface area contributed by atoms with Gasteiger partial charge in [-0.1, -0.05) is 0 Å². The van der Waals surface area contributed by atoms with Crippen molar-refractivity contribution in [3.8, 4) is 0 Å². The summed E-state index contributed by atoms with van der Waals surface area (Å²) in [6.45, 7) is 1.27. The highest BCUT2D eigenvalue weighted by molar-refractivity contribution is 5.69. The number of carbonyl (C=O) groups is 1. The lowest BCUT2D eigenvalue weighted by Crippen LogP contribution is -2.00. The molecule has 0 saturated heterocycles. The van der Waals surface area contributed by atoms with Crippen LogP contribution in [-0.2, 0) is 11.2 Å². The Labute approximate surface area is 68.0 Å². The molecule has 4 nitrogen and oxygen atoms in total. The summed E-state index contributed by atoms with van der Waals surface area (Å²) in [5, 5.41) is 8.34. The number of aromatic nitrogens is 1. The predicted molar refractivity (Wildman–Crippen MR) is 37.4 cm³/mol. The van der Waals surface area contributed by atoms with Crippen LogP contribution in [0, 0.1) is 0 Å². The Kier molecular flexibility index (Phi) is 2.42. The fraction of sp³-hybridized carbons (Fsp3) is 0.429. The van der Waals surface area contributed by atoms with Gasteiger partial charge in [0.2, 0.25) is 5.89 Å². The highest BCUT2D eigenvalue weighted by Crippen LogP contribution is 2.15. The van der Waals surface area contributed by atoms with E-state index in [1.54, 1.807) is 0 Å². The average Bonchev–Trinajstić information content (AvgIpc) is 2.34. The van der Waals surface area contributed by atoms with Gasteiger partial charge in [0.1, 0.15) is 6.26 Å². The molecule has 1 aromatic rings.